The normalized spacial score (nSPS) is 11.3. The van der Waals surface area contributed by atoms with E-state index < -0.39 is 5.91 Å². The van der Waals surface area contributed by atoms with Gasteiger partial charge in [0.1, 0.15) is 11.6 Å². The molecule has 0 aliphatic carbocycles. The predicted octanol–water partition coefficient (Wildman–Crippen LogP) is 3.21. The van der Waals surface area contributed by atoms with Gasteiger partial charge in [0.05, 0.1) is 5.02 Å². The van der Waals surface area contributed by atoms with Crippen LogP contribution >= 0.6 is 22.9 Å². The Morgan fingerprint density at radius 2 is 2.22 bits per heavy atom. The molecule has 18 heavy (non-hydrogen) atoms. The summed E-state index contributed by atoms with van der Waals surface area (Å²) in [7, 11) is 1.49. The molecule has 0 aliphatic rings. The van der Waals surface area contributed by atoms with Crippen LogP contribution in [0.25, 0.3) is 16.2 Å². The Labute approximate surface area is 113 Å². The molecule has 1 amide bonds. The number of nitrogens with one attached hydrogen (secondary N) is 1. The number of hydrogen-bond acceptors (Lipinski definition) is 3. The fourth-order valence-electron chi connectivity index (χ4n) is 1.54. The lowest BCUT2D eigenvalue weighted by molar-refractivity contribution is -0.116. The van der Waals surface area contributed by atoms with Gasteiger partial charge in [0, 0.05) is 22.0 Å². The summed E-state index contributed by atoms with van der Waals surface area (Å²) in [6.45, 7) is 0. The van der Waals surface area contributed by atoms with Gasteiger partial charge in [-0.1, -0.05) is 29.8 Å². The van der Waals surface area contributed by atoms with E-state index in [4.69, 9.17) is 16.9 Å². The van der Waals surface area contributed by atoms with Gasteiger partial charge in [-0.2, -0.15) is 5.26 Å². The minimum absolute atomic E-state index is 0.0472. The molecule has 0 spiro atoms. The van der Waals surface area contributed by atoms with Crippen LogP contribution < -0.4 is 5.32 Å². The molecule has 5 heteroatoms. The second-order valence-electron chi connectivity index (χ2n) is 3.53. The van der Waals surface area contributed by atoms with Crippen molar-refractivity contribution in [1.29, 1.82) is 5.26 Å². The lowest BCUT2D eigenvalue weighted by Crippen LogP contribution is -2.18. The third kappa shape index (κ3) is 2.23. The van der Waals surface area contributed by atoms with E-state index in [0.29, 0.717) is 5.02 Å². The number of halogens is 1. The van der Waals surface area contributed by atoms with Crippen LogP contribution in [0.1, 0.15) is 4.88 Å². The molecule has 1 aromatic heterocycles. The number of fused-ring (bicyclic) bond motifs is 1. The molecule has 0 radical (unpaired) electrons. The van der Waals surface area contributed by atoms with Crippen molar-refractivity contribution in [1.82, 2.24) is 5.32 Å². The van der Waals surface area contributed by atoms with Gasteiger partial charge in [-0.3, -0.25) is 4.79 Å². The van der Waals surface area contributed by atoms with Crippen LogP contribution in [-0.4, -0.2) is 13.0 Å². The van der Waals surface area contributed by atoms with E-state index >= 15 is 0 Å². The quantitative estimate of drug-likeness (QED) is 0.676. The smallest absolute Gasteiger partial charge is 0.261 e. The zero-order valence-corrected chi connectivity index (χ0v) is 11.1. The van der Waals surface area contributed by atoms with Gasteiger partial charge < -0.3 is 5.32 Å². The minimum atomic E-state index is -0.411. The first-order valence-corrected chi connectivity index (χ1v) is 6.37. The van der Waals surface area contributed by atoms with Crippen molar-refractivity contribution in [2.24, 2.45) is 0 Å². The Morgan fingerprint density at radius 1 is 1.50 bits per heavy atom. The Hall–Kier alpha value is -1.83. The highest BCUT2D eigenvalue weighted by Gasteiger charge is 2.12. The minimum Gasteiger partial charge on any atom is -0.354 e. The van der Waals surface area contributed by atoms with E-state index in [0.717, 1.165) is 15.0 Å². The Kier molecular flexibility index (Phi) is 3.66. The lowest BCUT2D eigenvalue weighted by Gasteiger charge is -1.95. The van der Waals surface area contributed by atoms with Crippen molar-refractivity contribution in [2.75, 3.05) is 7.05 Å². The van der Waals surface area contributed by atoms with Crippen LogP contribution in [0.5, 0.6) is 0 Å². The largest absolute Gasteiger partial charge is 0.354 e. The molecule has 1 N–H and O–H groups in total. The van der Waals surface area contributed by atoms with Gasteiger partial charge in [-0.15, -0.1) is 11.3 Å². The topological polar surface area (TPSA) is 52.9 Å². The summed E-state index contributed by atoms with van der Waals surface area (Å²) in [6, 6.07) is 9.56. The van der Waals surface area contributed by atoms with Crippen molar-refractivity contribution < 1.29 is 4.79 Å². The van der Waals surface area contributed by atoms with E-state index in [-0.39, 0.29) is 5.57 Å². The number of hydrogen-bond donors (Lipinski definition) is 1. The maximum absolute atomic E-state index is 11.4. The Balaban J connectivity index is 2.55. The van der Waals surface area contributed by atoms with Crippen molar-refractivity contribution in [3.05, 3.63) is 39.7 Å². The number of nitrogens with zero attached hydrogens (tertiary/aromatic N) is 1. The van der Waals surface area contributed by atoms with E-state index in [1.165, 1.54) is 24.5 Å². The van der Waals surface area contributed by atoms with Crippen molar-refractivity contribution >= 4 is 45.0 Å². The number of amides is 1. The molecular formula is C13H9ClN2OS. The van der Waals surface area contributed by atoms with Gasteiger partial charge >= 0.3 is 0 Å². The van der Waals surface area contributed by atoms with Crippen LogP contribution in [0, 0.1) is 11.3 Å². The molecular weight excluding hydrogens is 268 g/mol. The maximum Gasteiger partial charge on any atom is 0.261 e. The first kappa shape index (κ1) is 12.6. The number of carbonyl (C=O) groups is 1. The standard InChI is InChI=1S/C13H9ClN2OS/c1-16-13(17)8(7-15)6-11-12(14)9-4-2-3-5-10(9)18-11/h2-6H,1H3,(H,16,17)/b8-6+. The third-order valence-corrected chi connectivity index (χ3v) is 4.06. The number of carbonyl (C=O) groups excluding carboxylic acids is 1. The second kappa shape index (κ2) is 5.21. The summed E-state index contributed by atoms with van der Waals surface area (Å²) in [6.07, 6.45) is 1.52. The molecule has 2 rings (SSSR count). The van der Waals surface area contributed by atoms with Crippen LogP contribution in [-0.2, 0) is 4.79 Å². The molecule has 0 saturated heterocycles. The number of likely N-dealkylation sites (N-methyl/N-ethyl adjacent to an activating group) is 1. The van der Waals surface area contributed by atoms with E-state index in [1.807, 2.05) is 30.3 Å². The highest BCUT2D eigenvalue weighted by atomic mass is 35.5. The molecule has 0 saturated carbocycles. The summed E-state index contributed by atoms with van der Waals surface area (Å²) in [5, 5.41) is 12.9. The first-order chi connectivity index (χ1) is 8.67. The van der Waals surface area contributed by atoms with Crippen molar-refractivity contribution in [3.63, 3.8) is 0 Å². The van der Waals surface area contributed by atoms with Gasteiger partial charge in [-0.25, -0.2) is 0 Å². The van der Waals surface area contributed by atoms with Gasteiger partial charge in [0.2, 0.25) is 0 Å². The fraction of sp³-hybridized carbons (Fsp3) is 0.0769. The summed E-state index contributed by atoms with van der Waals surface area (Å²) < 4.78 is 1.03. The van der Waals surface area contributed by atoms with Gasteiger partial charge in [-0.05, 0) is 12.1 Å². The van der Waals surface area contributed by atoms with E-state index in [9.17, 15) is 4.79 Å². The molecule has 90 valence electrons. The molecule has 0 fully saturated rings. The first-order valence-electron chi connectivity index (χ1n) is 5.18. The zero-order valence-electron chi connectivity index (χ0n) is 9.53. The SMILES string of the molecule is CNC(=O)/C(C#N)=C/c1sc2ccccc2c1Cl. The molecule has 3 nitrogen and oxygen atoms in total. The highest BCUT2D eigenvalue weighted by molar-refractivity contribution is 7.20. The third-order valence-electron chi connectivity index (χ3n) is 2.43. The van der Waals surface area contributed by atoms with Gasteiger partial charge in [0.15, 0.2) is 0 Å². The average Bonchev–Trinajstić information content (AvgIpc) is 2.72. The van der Waals surface area contributed by atoms with Crippen molar-refractivity contribution in [3.8, 4) is 6.07 Å². The monoisotopic (exact) mass is 276 g/mol. The fourth-order valence-corrected chi connectivity index (χ4v) is 2.97. The van der Waals surface area contributed by atoms with Crippen LogP contribution in [0.4, 0.5) is 0 Å². The highest BCUT2D eigenvalue weighted by Crippen LogP contribution is 2.36. The molecule has 2 aromatic rings. The zero-order chi connectivity index (χ0) is 13.1. The van der Waals surface area contributed by atoms with Crippen LogP contribution in [0.2, 0.25) is 5.02 Å². The molecule has 1 aromatic carbocycles. The summed E-state index contributed by atoms with van der Waals surface area (Å²) in [5.74, 6) is -0.411. The molecule has 0 bridgehead atoms. The predicted molar refractivity (Wildman–Crippen MR) is 74.5 cm³/mol. The van der Waals surface area contributed by atoms with Crippen LogP contribution in [0.3, 0.4) is 0 Å². The maximum atomic E-state index is 11.4. The summed E-state index contributed by atoms with van der Waals surface area (Å²) in [5.41, 5.74) is 0.0472. The number of thiophene rings is 1. The Bertz CT molecular complexity index is 682. The summed E-state index contributed by atoms with van der Waals surface area (Å²) in [4.78, 5) is 12.2. The molecule has 0 unspecified atom stereocenters. The molecule has 0 aliphatic heterocycles. The molecule has 1 heterocycles. The van der Waals surface area contributed by atoms with E-state index in [2.05, 4.69) is 5.32 Å². The van der Waals surface area contributed by atoms with E-state index in [1.54, 1.807) is 0 Å². The number of nitriles is 1. The van der Waals surface area contributed by atoms with Gasteiger partial charge in [0.25, 0.3) is 5.91 Å². The Morgan fingerprint density at radius 3 is 2.83 bits per heavy atom. The molecule has 0 atom stereocenters. The lowest BCUT2D eigenvalue weighted by atomic mass is 10.2. The second-order valence-corrected chi connectivity index (χ2v) is 4.99. The van der Waals surface area contributed by atoms with Crippen molar-refractivity contribution in [2.45, 2.75) is 0 Å². The number of rotatable bonds is 2. The average molecular weight is 277 g/mol. The summed E-state index contributed by atoms with van der Waals surface area (Å²) >= 11 is 7.69. The van der Waals surface area contributed by atoms with Crippen LogP contribution in [0.15, 0.2) is 29.8 Å². The number of benzene rings is 1.